The SMILES string of the molecule is CC(O)Cc1ccc(OCCCn2ccnc2)cc1. The Hall–Kier alpha value is -1.81. The van der Waals surface area contributed by atoms with Gasteiger partial charge in [0, 0.05) is 18.9 Å². The molecule has 1 heterocycles. The molecule has 4 nitrogen and oxygen atoms in total. The molecule has 0 saturated heterocycles. The highest BCUT2D eigenvalue weighted by Gasteiger charge is 2.00. The van der Waals surface area contributed by atoms with Crippen LogP contribution < -0.4 is 4.74 Å². The van der Waals surface area contributed by atoms with Gasteiger partial charge in [0.2, 0.25) is 0 Å². The maximum atomic E-state index is 9.30. The first-order valence-electron chi connectivity index (χ1n) is 6.59. The molecule has 1 unspecified atom stereocenters. The minimum absolute atomic E-state index is 0.304. The fraction of sp³-hybridized carbons (Fsp3) is 0.400. The van der Waals surface area contributed by atoms with Gasteiger partial charge in [0.05, 0.1) is 19.0 Å². The lowest BCUT2D eigenvalue weighted by Gasteiger charge is -2.08. The van der Waals surface area contributed by atoms with Gasteiger partial charge in [0.25, 0.3) is 0 Å². The van der Waals surface area contributed by atoms with Crippen LogP contribution in [0.2, 0.25) is 0 Å². The van der Waals surface area contributed by atoms with Gasteiger partial charge in [0.15, 0.2) is 0 Å². The maximum Gasteiger partial charge on any atom is 0.119 e. The maximum absolute atomic E-state index is 9.30. The smallest absolute Gasteiger partial charge is 0.119 e. The van der Waals surface area contributed by atoms with Crippen LogP contribution >= 0.6 is 0 Å². The number of rotatable bonds is 7. The van der Waals surface area contributed by atoms with Crippen LogP contribution in [0, 0.1) is 0 Å². The molecule has 0 aliphatic carbocycles. The number of aliphatic hydroxyl groups is 1. The third-order valence-electron chi connectivity index (χ3n) is 2.84. The van der Waals surface area contributed by atoms with E-state index >= 15 is 0 Å². The number of hydrogen-bond acceptors (Lipinski definition) is 3. The molecule has 2 aromatic rings. The summed E-state index contributed by atoms with van der Waals surface area (Å²) < 4.78 is 7.70. The number of hydrogen-bond donors (Lipinski definition) is 1. The second-order valence-corrected chi connectivity index (χ2v) is 4.70. The Morgan fingerprint density at radius 3 is 2.74 bits per heavy atom. The van der Waals surface area contributed by atoms with Crippen molar-refractivity contribution in [3.8, 4) is 5.75 Å². The van der Waals surface area contributed by atoms with E-state index in [1.807, 2.05) is 41.4 Å². The molecule has 0 bridgehead atoms. The summed E-state index contributed by atoms with van der Waals surface area (Å²) in [6, 6.07) is 7.90. The molecule has 1 aromatic carbocycles. The molecule has 1 atom stereocenters. The molecule has 102 valence electrons. The quantitative estimate of drug-likeness (QED) is 0.777. The van der Waals surface area contributed by atoms with E-state index in [-0.39, 0.29) is 6.10 Å². The molecule has 0 aliphatic rings. The molecule has 4 heteroatoms. The second kappa shape index (κ2) is 6.95. The second-order valence-electron chi connectivity index (χ2n) is 4.70. The van der Waals surface area contributed by atoms with Crippen LogP contribution in [0.1, 0.15) is 18.9 Å². The molecule has 1 aromatic heterocycles. The topological polar surface area (TPSA) is 47.3 Å². The van der Waals surface area contributed by atoms with Gasteiger partial charge < -0.3 is 14.4 Å². The summed E-state index contributed by atoms with van der Waals surface area (Å²) in [6.45, 7) is 3.40. The van der Waals surface area contributed by atoms with Crippen LogP contribution in [0.5, 0.6) is 5.75 Å². The third kappa shape index (κ3) is 4.75. The first kappa shape index (κ1) is 13.6. The Bertz CT molecular complexity index is 463. The summed E-state index contributed by atoms with van der Waals surface area (Å²) in [6.07, 6.45) is 6.87. The van der Waals surface area contributed by atoms with Crippen LogP contribution in [0.3, 0.4) is 0 Å². The fourth-order valence-corrected chi connectivity index (χ4v) is 1.92. The standard InChI is InChI=1S/C15H20N2O2/c1-13(18)11-14-3-5-15(6-4-14)19-10-2-8-17-9-7-16-12-17/h3-7,9,12-13,18H,2,8,10-11H2,1H3. The van der Waals surface area contributed by atoms with Crippen LogP contribution in [0.15, 0.2) is 43.0 Å². The van der Waals surface area contributed by atoms with E-state index in [2.05, 4.69) is 4.98 Å². The monoisotopic (exact) mass is 260 g/mol. The summed E-state index contributed by atoms with van der Waals surface area (Å²) in [5, 5.41) is 9.30. The van der Waals surface area contributed by atoms with E-state index in [0.29, 0.717) is 13.0 Å². The largest absolute Gasteiger partial charge is 0.494 e. The van der Waals surface area contributed by atoms with Gasteiger partial charge in [-0.1, -0.05) is 12.1 Å². The molecule has 0 fully saturated rings. The van der Waals surface area contributed by atoms with Gasteiger partial charge in [-0.15, -0.1) is 0 Å². The van der Waals surface area contributed by atoms with Crippen LogP contribution in [-0.2, 0) is 13.0 Å². The van der Waals surface area contributed by atoms with Crippen LogP contribution in [0.25, 0.3) is 0 Å². The van der Waals surface area contributed by atoms with E-state index < -0.39 is 0 Å². The van der Waals surface area contributed by atoms with Crippen molar-refractivity contribution >= 4 is 0 Å². The summed E-state index contributed by atoms with van der Waals surface area (Å²) in [4.78, 5) is 3.99. The highest BCUT2D eigenvalue weighted by Crippen LogP contribution is 2.13. The van der Waals surface area contributed by atoms with E-state index in [1.54, 1.807) is 13.1 Å². The molecule has 0 aliphatic heterocycles. The normalized spacial score (nSPS) is 12.3. The van der Waals surface area contributed by atoms with Crippen molar-refractivity contribution in [2.24, 2.45) is 0 Å². The Balaban J connectivity index is 1.71. The van der Waals surface area contributed by atoms with Crippen LogP contribution in [0.4, 0.5) is 0 Å². The van der Waals surface area contributed by atoms with Gasteiger partial charge in [0.1, 0.15) is 5.75 Å². The Kier molecular flexibility index (Phi) is 4.98. The third-order valence-corrected chi connectivity index (χ3v) is 2.84. The molecule has 2 rings (SSSR count). The molecule has 0 radical (unpaired) electrons. The summed E-state index contributed by atoms with van der Waals surface area (Å²) in [5.74, 6) is 0.875. The Morgan fingerprint density at radius 2 is 2.11 bits per heavy atom. The molecule has 1 N–H and O–H groups in total. The van der Waals surface area contributed by atoms with Crippen molar-refractivity contribution in [1.29, 1.82) is 0 Å². The zero-order valence-electron chi connectivity index (χ0n) is 11.2. The number of aryl methyl sites for hydroxylation is 1. The lowest BCUT2D eigenvalue weighted by Crippen LogP contribution is -2.05. The van der Waals surface area contributed by atoms with Crippen molar-refractivity contribution < 1.29 is 9.84 Å². The zero-order chi connectivity index (χ0) is 13.5. The first-order valence-corrected chi connectivity index (χ1v) is 6.59. The van der Waals surface area contributed by atoms with Crippen molar-refractivity contribution in [2.75, 3.05) is 6.61 Å². The number of aliphatic hydroxyl groups excluding tert-OH is 1. The van der Waals surface area contributed by atoms with Gasteiger partial charge in [-0.3, -0.25) is 0 Å². The predicted octanol–water partition coefficient (Wildman–Crippen LogP) is 2.28. The highest BCUT2D eigenvalue weighted by atomic mass is 16.5. The highest BCUT2D eigenvalue weighted by molar-refractivity contribution is 5.27. The molecular weight excluding hydrogens is 240 g/mol. The average Bonchev–Trinajstić information content (AvgIpc) is 2.89. The Labute approximate surface area is 113 Å². The molecule has 0 spiro atoms. The van der Waals surface area contributed by atoms with Gasteiger partial charge in [-0.05, 0) is 37.5 Å². The van der Waals surface area contributed by atoms with Crippen molar-refractivity contribution in [2.45, 2.75) is 32.4 Å². The number of aromatic nitrogens is 2. The lowest BCUT2D eigenvalue weighted by atomic mass is 10.1. The fourth-order valence-electron chi connectivity index (χ4n) is 1.92. The summed E-state index contributed by atoms with van der Waals surface area (Å²) in [5.41, 5.74) is 1.13. The van der Waals surface area contributed by atoms with Crippen molar-refractivity contribution in [3.63, 3.8) is 0 Å². The summed E-state index contributed by atoms with van der Waals surface area (Å²) >= 11 is 0. The first-order chi connectivity index (χ1) is 9.24. The number of benzene rings is 1. The predicted molar refractivity (Wildman–Crippen MR) is 74.2 cm³/mol. The van der Waals surface area contributed by atoms with E-state index in [4.69, 9.17) is 4.74 Å². The minimum atomic E-state index is -0.304. The molecule has 19 heavy (non-hydrogen) atoms. The van der Waals surface area contributed by atoms with E-state index in [1.165, 1.54) is 0 Å². The van der Waals surface area contributed by atoms with Crippen molar-refractivity contribution in [1.82, 2.24) is 9.55 Å². The van der Waals surface area contributed by atoms with Gasteiger partial charge >= 0.3 is 0 Å². The lowest BCUT2D eigenvalue weighted by molar-refractivity contribution is 0.195. The average molecular weight is 260 g/mol. The number of imidazole rings is 1. The molecule has 0 saturated carbocycles. The zero-order valence-corrected chi connectivity index (χ0v) is 11.2. The van der Waals surface area contributed by atoms with Gasteiger partial charge in [-0.2, -0.15) is 0 Å². The Morgan fingerprint density at radius 1 is 1.32 bits per heavy atom. The van der Waals surface area contributed by atoms with Crippen LogP contribution in [-0.4, -0.2) is 27.4 Å². The number of nitrogens with zero attached hydrogens (tertiary/aromatic N) is 2. The van der Waals surface area contributed by atoms with Crippen molar-refractivity contribution in [3.05, 3.63) is 48.5 Å². The molecular formula is C15H20N2O2. The van der Waals surface area contributed by atoms with E-state index in [9.17, 15) is 5.11 Å². The van der Waals surface area contributed by atoms with Gasteiger partial charge in [-0.25, -0.2) is 4.98 Å². The summed E-state index contributed by atoms with van der Waals surface area (Å²) in [7, 11) is 0. The minimum Gasteiger partial charge on any atom is -0.494 e. The van der Waals surface area contributed by atoms with E-state index in [0.717, 1.165) is 24.3 Å². The molecule has 0 amide bonds. The number of ether oxygens (including phenoxy) is 1.